The average Bonchev–Trinajstić information content (AvgIpc) is 2.79. The van der Waals surface area contributed by atoms with Gasteiger partial charge in [-0.25, -0.2) is 4.99 Å². The molecule has 0 fully saturated rings. The standard InChI is InChI=1S/C15H18NO4PS/c1-3-19-21(18,20-4-2)11-14-16-15(17)13(22-14)10-12-8-6-5-7-9-12/h5-10H,3-4,11H2,1-2H3. The summed E-state index contributed by atoms with van der Waals surface area (Å²) < 4.78 is 22.9. The lowest BCUT2D eigenvalue weighted by Gasteiger charge is -2.16. The van der Waals surface area contributed by atoms with Gasteiger partial charge in [-0.3, -0.25) is 9.36 Å². The second-order valence-electron chi connectivity index (χ2n) is 4.44. The van der Waals surface area contributed by atoms with E-state index in [1.807, 2.05) is 30.3 Å². The second-order valence-corrected chi connectivity index (χ2v) is 7.61. The third kappa shape index (κ3) is 4.65. The van der Waals surface area contributed by atoms with E-state index in [-0.39, 0.29) is 25.3 Å². The van der Waals surface area contributed by atoms with Gasteiger partial charge in [0.05, 0.1) is 29.3 Å². The Balaban J connectivity index is 2.09. The van der Waals surface area contributed by atoms with Crippen LogP contribution in [0.5, 0.6) is 0 Å². The molecule has 1 aliphatic rings. The topological polar surface area (TPSA) is 65.0 Å². The van der Waals surface area contributed by atoms with Crippen LogP contribution in [0.25, 0.3) is 6.08 Å². The summed E-state index contributed by atoms with van der Waals surface area (Å²) in [7, 11) is -3.24. The summed E-state index contributed by atoms with van der Waals surface area (Å²) in [5.41, 5.74) is 0.924. The predicted molar refractivity (Wildman–Crippen MR) is 90.2 cm³/mol. The summed E-state index contributed by atoms with van der Waals surface area (Å²) in [5.74, 6) is -0.316. The highest BCUT2D eigenvalue weighted by Crippen LogP contribution is 2.50. The van der Waals surface area contributed by atoms with Crippen LogP contribution in [0.15, 0.2) is 40.2 Å². The van der Waals surface area contributed by atoms with Crippen LogP contribution < -0.4 is 0 Å². The van der Waals surface area contributed by atoms with Crippen molar-refractivity contribution in [3.63, 3.8) is 0 Å². The molecule has 0 saturated carbocycles. The van der Waals surface area contributed by atoms with E-state index in [1.54, 1.807) is 19.9 Å². The van der Waals surface area contributed by atoms with Crippen molar-refractivity contribution in [2.75, 3.05) is 19.4 Å². The zero-order chi connectivity index (χ0) is 16.0. The summed E-state index contributed by atoms with van der Waals surface area (Å²) >= 11 is 1.22. The lowest BCUT2D eigenvalue weighted by molar-refractivity contribution is -0.113. The molecule has 0 bridgehead atoms. The van der Waals surface area contributed by atoms with Crippen molar-refractivity contribution in [1.82, 2.24) is 0 Å². The molecule has 5 nitrogen and oxygen atoms in total. The van der Waals surface area contributed by atoms with E-state index < -0.39 is 7.60 Å². The summed E-state index contributed by atoms with van der Waals surface area (Å²) in [6, 6.07) is 9.52. The number of rotatable bonds is 7. The van der Waals surface area contributed by atoms with Gasteiger partial charge in [0.2, 0.25) is 0 Å². The van der Waals surface area contributed by atoms with Crippen molar-refractivity contribution in [3.05, 3.63) is 40.8 Å². The fourth-order valence-corrected chi connectivity index (χ4v) is 4.80. The molecule has 0 atom stereocenters. The zero-order valence-corrected chi connectivity index (χ0v) is 14.2. The van der Waals surface area contributed by atoms with Gasteiger partial charge in [-0.05, 0) is 25.5 Å². The van der Waals surface area contributed by atoms with Gasteiger partial charge in [-0.15, -0.1) is 0 Å². The fraction of sp³-hybridized carbons (Fsp3) is 0.333. The normalized spacial score (nSPS) is 17.1. The number of aliphatic imine (C=N–C) groups is 1. The van der Waals surface area contributed by atoms with Crippen LogP contribution in [0.4, 0.5) is 0 Å². The molecule has 1 aromatic carbocycles. The predicted octanol–water partition coefficient (Wildman–Crippen LogP) is 3.97. The molecule has 0 saturated heterocycles. The van der Waals surface area contributed by atoms with Gasteiger partial charge >= 0.3 is 7.60 Å². The van der Waals surface area contributed by atoms with Crippen LogP contribution in [-0.4, -0.2) is 30.3 Å². The number of amides is 1. The lowest BCUT2D eigenvalue weighted by atomic mass is 10.2. The van der Waals surface area contributed by atoms with Crippen molar-refractivity contribution in [2.24, 2.45) is 4.99 Å². The van der Waals surface area contributed by atoms with E-state index in [0.717, 1.165) is 5.56 Å². The Labute approximate surface area is 134 Å². The van der Waals surface area contributed by atoms with Crippen LogP contribution in [0.3, 0.4) is 0 Å². The summed E-state index contributed by atoms with van der Waals surface area (Å²) in [6.07, 6.45) is 1.80. The molecule has 1 heterocycles. The first-order valence-corrected chi connectivity index (χ1v) is 9.55. The molecular weight excluding hydrogens is 321 g/mol. The Kier molecular flexibility index (Phi) is 6.15. The second kappa shape index (κ2) is 7.88. The average molecular weight is 339 g/mol. The molecule has 1 amide bonds. The first kappa shape index (κ1) is 17.2. The van der Waals surface area contributed by atoms with Crippen molar-refractivity contribution in [2.45, 2.75) is 13.8 Å². The van der Waals surface area contributed by atoms with Crippen LogP contribution in [0.1, 0.15) is 19.4 Å². The van der Waals surface area contributed by atoms with E-state index in [4.69, 9.17) is 9.05 Å². The molecular formula is C15H18NO4PS. The third-order valence-corrected chi connectivity index (χ3v) is 5.93. The Morgan fingerprint density at radius 1 is 1.18 bits per heavy atom. The molecule has 0 unspecified atom stereocenters. The lowest BCUT2D eigenvalue weighted by Crippen LogP contribution is -2.05. The number of carbonyl (C=O) groups is 1. The minimum absolute atomic E-state index is 0.0250. The zero-order valence-electron chi connectivity index (χ0n) is 12.5. The van der Waals surface area contributed by atoms with E-state index in [1.165, 1.54) is 11.8 Å². The molecule has 1 aromatic rings. The quantitative estimate of drug-likeness (QED) is 0.555. The molecule has 0 radical (unpaired) electrons. The molecule has 0 N–H and O–H groups in total. The Morgan fingerprint density at radius 3 is 2.41 bits per heavy atom. The number of hydrogen-bond acceptors (Lipinski definition) is 5. The summed E-state index contributed by atoms with van der Waals surface area (Å²) in [4.78, 5) is 16.4. The van der Waals surface area contributed by atoms with Gasteiger partial charge in [0, 0.05) is 0 Å². The van der Waals surface area contributed by atoms with Gasteiger partial charge < -0.3 is 9.05 Å². The molecule has 118 valence electrons. The Hall–Kier alpha value is -1.20. The van der Waals surface area contributed by atoms with Gasteiger partial charge in [0.15, 0.2) is 0 Å². The molecule has 1 aliphatic heterocycles. The van der Waals surface area contributed by atoms with Crippen LogP contribution in [-0.2, 0) is 18.4 Å². The fourth-order valence-electron chi connectivity index (χ4n) is 1.91. The largest absolute Gasteiger partial charge is 0.337 e. The summed E-state index contributed by atoms with van der Waals surface area (Å²) in [5, 5.41) is 0.470. The van der Waals surface area contributed by atoms with E-state index >= 15 is 0 Å². The van der Waals surface area contributed by atoms with Crippen molar-refractivity contribution >= 4 is 36.4 Å². The third-order valence-electron chi connectivity index (χ3n) is 2.74. The van der Waals surface area contributed by atoms with E-state index in [2.05, 4.69) is 4.99 Å². The van der Waals surface area contributed by atoms with E-state index in [9.17, 15) is 9.36 Å². The number of benzene rings is 1. The van der Waals surface area contributed by atoms with Crippen molar-refractivity contribution < 1.29 is 18.4 Å². The number of carbonyl (C=O) groups excluding carboxylic acids is 1. The van der Waals surface area contributed by atoms with Crippen LogP contribution in [0.2, 0.25) is 0 Å². The first-order chi connectivity index (χ1) is 10.6. The highest BCUT2D eigenvalue weighted by Gasteiger charge is 2.31. The molecule has 0 aliphatic carbocycles. The molecule has 0 spiro atoms. The van der Waals surface area contributed by atoms with Crippen molar-refractivity contribution in [1.29, 1.82) is 0 Å². The Bertz CT molecular complexity index is 632. The first-order valence-electron chi connectivity index (χ1n) is 7.01. The number of nitrogens with zero attached hydrogens (tertiary/aromatic N) is 1. The van der Waals surface area contributed by atoms with Gasteiger partial charge in [-0.1, -0.05) is 42.1 Å². The number of hydrogen-bond donors (Lipinski definition) is 0. The Morgan fingerprint density at radius 2 is 1.82 bits per heavy atom. The smallest absolute Gasteiger partial charge is 0.309 e. The highest BCUT2D eigenvalue weighted by molar-refractivity contribution is 8.19. The SMILES string of the molecule is CCOP(=O)(CC1=NC(=O)C(=Cc2ccccc2)S1)OCC. The minimum Gasteiger partial charge on any atom is -0.309 e. The van der Waals surface area contributed by atoms with Gasteiger partial charge in [0.25, 0.3) is 5.91 Å². The van der Waals surface area contributed by atoms with Gasteiger partial charge in [-0.2, -0.15) is 0 Å². The molecule has 22 heavy (non-hydrogen) atoms. The van der Waals surface area contributed by atoms with Crippen LogP contribution in [0, 0.1) is 0 Å². The highest BCUT2D eigenvalue weighted by atomic mass is 32.2. The molecule has 7 heteroatoms. The minimum atomic E-state index is -3.24. The number of thioether (sulfide) groups is 1. The van der Waals surface area contributed by atoms with Crippen molar-refractivity contribution in [3.8, 4) is 0 Å². The molecule has 0 aromatic heterocycles. The summed E-state index contributed by atoms with van der Waals surface area (Å²) in [6.45, 7) is 4.08. The maximum atomic E-state index is 12.5. The van der Waals surface area contributed by atoms with E-state index in [0.29, 0.717) is 9.95 Å². The van der Waals surface area contributed by atoms with Crippen LogP contribution >= 0.6 is 19.4 Å². The molecule has 2 rings (SSSR count). The maximum absolute atomic E-state index is 12.5. The monoisotopic (exact) mass is 339 g/mol. The van der Waals surface area contributed by atoms with Gasteiger partial charge in [0.1, 0.15) is 0 Å². The maximum Gasteiger partial charge on any atom is 0.337 e.